The maximum absolute atomic E-state index is 10.5. The summed E-state index contributed by atoms with van der Waals surface area (Å²) in [5.74, 6) is 0.726. The van der Waals surface area contributed by atoms with Crippen LogP contribution in [0, 0.1) is 0 Å². The van der Waals surface area contributed by atoms with Gasteiger partial charge >= 0.3 is 0 Å². The lowest BCUT2D eigenvalue weighted by molar-refractivity contribution is 0.477. The van der Waals surface area contributed by atoms with Gasteiger partial charge < -0.3 is 5.11 Å². The van der Waals surface area contributed by atoms with Crippen LogP contribution >= 0.6 is 11.3 Å². The fraction of sp³-hybridized carbons (Fsp3) is 0.190. The number of fused-ring (bicyclic) bond motifs is 6. The Hall–Kier alpha value is -2.99. The van der Waals surface area contributed by atoms with E-state index in [0.29, 0.717) is 11.4 Å². The minimum Gasteiger partial charge on any atom is -0.507 e. The van der Waals surface area contributed by atoms with E-state index >= 15 is 0 Å². The molecular weight excluding hydrogens is 356 g/mol. The standard InChI is InChI=1S/C21H16N4OS/c26-16-10-13-6-2-1-5-12(13)9-15(16)19-23-20-18-14-7-3-4-8-17(14)27-21(18)22-11-25(20)24-19/h1-2,5-6,9-11,26H,3-4,7-8H2. The molecule has 6 rings (SSSR count). The molecule has 0 spiro atoms. The number of phenols is 1. The Kier molecular flexibility index (Phi) is 3.08. The molecule has 1 aliphatic carbocycles. The Morgan fingerprint density at radius 2 is 1.85 bits per heavy atom. The van der Waals surface area contributed by atoms with E-state index in [1.807, 2.05) is 30.3 Å². The van der Waals surface area contributed by atoms with Crippen LogP contribution in [0.5, 0.6) is 5.75 Å². The van der Waals surface area contributed by atoms with Gasteiger partial charge in [0.2, 0.25) is 0 Å². The summed E-state index contributed by atoms with van der Waals surface area (Å²) >= 11 is 1.78. The number of thiophene rings is 1. The summed E-state index contributed by atoms with van der Waals surface area (Å²) in [7, 11) is 0. The van der Waals surface area contributed by atoms with Crippen molar-refractivity contribution in [1.29, 1.82) is 0 Å². The quantitative estimate of drug-likeness (QED) is 0.461. The zero-order valence-corrected chi connectivity index (χ0v) is 15.3. The molecule has 5 nitrogen and oxygen atoms in total. The highest BCUT2D eigenvalue weighted by atomic mass is 32.1. The number of aryl methyl sites for hydroxylation is 2. The first-order chi connectivity index (χ1) is 13.3. The molecule has 3 heterocycles. The first-order valence-corrected chi connectivity index (χ1v) is 9.97. The van der Waals surface area contributed by atoms with Crippen molar-refractivity contribution in [2.24, 2.45) is 0 Å². The normalized spacial score (nSPS) is 14.2. The highest BCUT2D eigenvalue weighted by Crippen LogP contribution is 2.38. The molecule has 0 bridgehead atoms. The third kappa shape index (κ3) is 2.20. The van der Waals surface area contributed by atoms with Gasteiger partial charge in [-0.2, -0.15) is 0 Å². The lowest BCUT2D eigenvalue weighted by atomic mass is 9.97. The minimum absolute atomic E-state index is 0.196. The fourth-order valence-corrected chi connectivity index (χ4v) is 5.30. The summed E-state index contributed by atoms with van der Waals surface area (Å²) in [5, 5.41) is 18.4. The monoisotopic (exact) mass is 372 g/mol. The number of hydrogen-bond acceptors (Lipinski definition) is 5. The van der Waals surface area contributed by atoms with Crippen LogP contribution in [0.15, 0.2) is 42.7 Å². The molecule has 0 saturated heterocycles. The van der Waals surface area contributed by atoms with E-state index in [-0.39, 0.29) is 5.75 Å². The van der Waals surface area contributed by atoms with E-state index in [4.69, 9.17) is 4.98 Å². The summed E-state index contributed by atoms with van der Waals surface area (Å²) in [6, 6.07) is 11.7. The van der Waals surface area contributed by atoms with Crippen LogP contribution in [-0.2, 0) is 12.8 Å². The van der Waals surface area contributed by atoms with Crippen molar-refractivity contribution in [2.75, 3.05) is 0 Å². The third-order valence-corrected chi connectivity index (χ3v) is 6.60. The Bertz CT molecular complexity index is 1350. The van der Waals surface area contributed by atoms with Crippen LogP contribution < -0.4 is 0 Å². The molecule has 6 heteroatoms. The molecule has 0 atom stereocenters. The molecule has 3 aromatic heterocycles. The smallest absolute Gasteiger partial charge is 0.185 e. The molecule has 1 aliphatic rings. The van der Waals surface area contributed by atoms with Gasteiger partial charge in [0.25, 0.3) is 0 Å². The molecule has 1 N–H and O–H groups in total. The summed E-state index contributed by atoms with van der Waals surface area (Å²) in [4.78, 5) is 11.9. The van der Waals surface area contributed by atoms with Crippen LogP contribution in [0.1, 0.15) is 23.3 Å². The molecule has 5 aromatic rings. The predicted molar refractivity (Wildman–Crippen MR) is 107 cm³/mol. The molecule has 0 unspecified atom stereocenters. The van der Waals surface area contributed by atoms with Gasteiger partial charge in [0.05, 0.1) is 10.9 Å². The van der Waals surface area contributed by atoms with Crippen molar-refractivity contribution >= 4 is 38.0 Å². The second-order valence-electron chi connectivity index (χ2n) is 7.06. The van der Waals surface area contributed by atoms with Crippen LogP contribution in [0.25, 0.3) is 38.0 Å². The summed E-state index contributed by atoms with van der Waals surface area (Å²) in [6.07, 6.45) is 6.41. The largest absolute Gasteiger partial charge is 0.507 e. The highest BCUT2D eigenvalue weighted by Gasteiger charge is 2.21. The van der Waals surface area contributed by atoms with Crippen LogP contribution in [-0.4, -0.2) is 24.7 Å². The topological polar surface area (TPSA) is 63.3 Å². The Morgan fingerprint density at radius 1 is 1.04 bits per heavy atom. The van der Waals surface area contributed by atoms with E-state index in [1.165, 1.54) is 23.3 Å². The number of aromatic hydroxyl groups is 1. The molecule has 0 saturated carbocycles. The average molecular weight is 372 g/mol. The second-order valence-corrected chi connectivity index (χ2v) is 8.14. The van der Waals surface area contributed by atoms with Crippen molar-refractivity contribution in [3.63, 3.8) is 0 Å². The van der Waals surface area contributed by atoms with Crippen molar-refractivity contribution in [3.8, 4) is 17.1 Å². The SMILES string of the molecule is Oc1cc2ccccc2cc1-c1nc2c3c4c(sc3ncn2n1)CCCC4. The van der Waals surface area contributed by atoms with Crippen LogP contribution in [0.4, 0.5) is 0 Å². The Labute approximate surface area is 158 Å². The molecule has 2 aromatic carbocycles. The maximum Gasteiger partial charge on any atom is 0.185 e. The first kappa shape index (κ1) is 15.1. The average Bonchev–Trinajstić information content (AvgIpc) is 3.28. The second kappa shape index (κ2) is 5.50. The number of aromatic nitrogens is 4. The van der Waals surface area contributed by atoms with Gasteiger partial charge in [0, 0.05) is 4.88 Å². The molecule has 132 valence electrons. The van der Waals surface area contributed by atoms with Crippen molar-refractivity contribution < 1.29 is 5.11 Å². The molecule has 0 radical (unpaired) electrons. The van der Waals surface area contributed by atoms with Gasteiger partial charge in [-0.05, 0) is 54.2 Å². The van der Waals surface area contributed by atoms with E-state index in [1.54, 1.807) is 28.2 Å². The van der Waals surface area contributed by atoms with E-state index in [2.05, 4.69) is 10.1 Å². The maximum atomic E-state index is 10.5. The zero-order chi connectivity index (χ0) is 18.0. The van der Waals surface area contributed by atoms with Crippen molar-refractivity contribution in [3.05, 3.63) is 53.2 Å². The number of hydrogen-bond donors (Lipinski definition) is 1. The van der Waals surface area contributed by atoms with E-state index in [9.17, 15) is 5.11 Å². The Balaban J connectivity index is 1.62. The third-order valence-electron chi connectivity index (χ3n) is 5.40. The van der Waals surface area contributed by atoms with Gasteiger partial charge in [-0.3, -0.25) is 0 Å². The number of nitrogens with zero attached hydrogens (tertiary/aromatic N) is 4. The minimum atomic E-state index is 0.196. The summed E-state index contributed by atoms with van der Waals surface area (Å²) in [5.41, 5.74) is 2.87. The van der Waals surface area contributed by atoms with Gasteiger partial charge in [0.15, 0.2) is 11.5 Å². The fourth-order valence-electron chi connectivity index (χ4n) is 4.08. The molecule has 0 aliphatic heterocycles. The molecule has 27 heavy (non-hydrogen) atoms. The predicted octanol–water partition coefficient (Wildman–Crippen LogP) is 4.74. The first-order valence-electron chi connectivity index (χ1n) is 9.16. The van der Waals surface area contributed by atoms with Crippen LogP contribution in [0.3, 0.4) is 0 Å². The number of benzene rings is 2. The molecule has 0 amide bonds. The summed E-state index contributed by atoms with van der Waals surface area (Å²) < 4.78 is 1.74. The molecule has 0 fully saturated rings. The van der Waals surface area contributed by atoms with Gasteiger partial charge in [-0.25, -0.2) is 14.5 Å². The van der Waals surface area contributed by atoms with Gasteiger partial charge in [-0.15, -0.1) is 16.4 Å². The van der Waals surface area contributed by atoms with Crippen LogP contribution in [0.2, 0.25) is 0 Å². The zero-order valence-electron chi connectivity index (χ0n) is 14.5. The lowest BCUT2D eigenvalue weighted by Crippen LogP contribution is -1.99. The number of phenolic OH excluding ortho intramolecular Hbond substituents is 1. The lowest BCUT2D eigenvalue weighted by Gasteiger charge is -2.09. The van der Waals surface area contributed by atoms with Crippen molar-refractivity contribution in [1.82, 2.24) is 19.6 Å². The van der Waals surface area contributed by atoms with Gasteiger partial charge in [0.1, 0.15) is 16.9 Å². The highest BCUT2D eigenvalue weighted by molar-refractivity contribution is 7.19. The Morgan fingerprint density at radius 3 is 2.74 bits per heavy atom. The van der Waals surface area contributed by atoms with E-state index in [0.717, 1.165) is 39.5 Å². The molecular formula is C21H16N4OS. The summed E-state index contributed by atoms with van der Waals surface area (Å²) in [6.45, 7) is 0. The van der Waals surface area contributed by atoms with Crippen molar-refractivity contribution in [2.45, 2.75) is 25.7 Å². The van der Waals surface area contributed by atoms with E-state index < -0.39 is 0 Å². The number of rotatable bonds is 1. The van der Waals surface area contributed by atoms with Gasteiger partial charge in [-0.1, -0.05) is 24.3 Å².